The summed E-state index contributed by atoms with van der Waals surface area (Å²) in [5, 5.41) is 4.27. The second-order valence-corrected chi connectivity index (χ2v) is 7.08. The van der Waals surface area contributed by atoms with Gasteiger partial charge in [-0.05, 0) is 37.6 Å². The van der Waals surface area contributed by atoms with E-state index in [1.165, 1.54) is 5.69 Å². The number of piperidine rings is 1. The van der Waals surface area contributed by atoms with Gasteiger partial charge in [0.25, 0.3) is 0 Å². The van der Waals surface area contributed by atoms with Crippen LogP contribution >= 0.6 is 0 Å². The molecule has 3 aromatic rings. The van der Waals surface area contributed by atoms with E-state index in [9.17, 15) is 0 Å². The molecule has 146 valence electrons. The Labute approximate surface area is 164 Å². The van der Waals surface area contributed by atoms with Gasteiger partial charge in [0.15, 0.2) is 0 Å². The van der Waals surface area contributed by atoms with Crippen molar-refractivity contribution in [2.24, 2.45) is 7.05 Å². The van der Waals surface area contributed by atoms with Crippen molar-refractivity contribution in [1.29, 1.82) is 0 Å². The largest absolute Gasteiger partial charge is 0.497 e. The first-order valence-electron chi connectivity index (χ1n) is 9.54. The minimum atomic E-state index is 0.350. The van der Waals surface area contributed by atoms with E-state index < -0.39 is 0 Å². The molecule has 0 aliphatic carbocycles. The van der Waals surface area contributed by atoms with Crippen LogP contribution in [0.2, 0.25) is 0 Å². The van der Waals surface area contributed by atoms with Crippen molar-refractivity contribution >= 4 is 0 Å². The van der Waals surface area contributed by atoms with E-state index in [4.69, 9.17) is 14.5 Å². The molecule has 0 radical (unpaired) electrons. The van der Waals surface area contributed by atoms with Crippen molar-refractivity contribution in [2.75, 3.05) is 20.2 Å². The Morgan fingerprint density at radius 2 is 2.07 bits per heavy atom. The van der Waals surface area contributed by atoms with Gasteiger partial charge in [0, 0.05) is 44.5 Å². The molecule has 1 fully saturated rings. The third kappa shape index (κ3) is 4.31. The third-order valence-corrected chi connectivity index (χ3v) is 5.13. The van der Waals surface area contributed by atoms with Gasteiger partial charge in [0.1, 0.15) is 11.5 Å². The molecule has 1 atom stereocenters. The zero-order valence-corrected chi connectivity index (χ0v) is 16.3. The van der Waals surface area contributed by atoms with E-state index in [2.05, 4.69) is 21.0 Å². The van der Waals surface area contributed by atoms with Gasteiger partial charge in [-0.15, -0.1) is 0 Å². The normalized spacial score (nSPS) is 17.4. The molecule has 3 heterocycles. The summed E-state index contributed by atoms with van der Waals surface area (Å²) < 4.78 is 13.1. The van der Waals surface area contributed by atoms with E-state index in [-0.39, 0.29) is 0 Å². The predicted molar refractivity (Wildman–Crippen MR) is 106 cm³/mol. The SMILES string of the molecule is COc1cccc(Oc2cncc([C@@H]3CCCN(Cc4ccnn4C)C3)n2)c1. The summed E-state index contributed by atoms with van der Waals surface area (Å²) >= 11 is 0. The monoisotopic (exact) mass is 379 g/mol. The third-order valence-electron chi connectivity index (χ3n) is 5.13. The maximum atomic E-state index is 5.90. The maximum absolute atomic E-state index is 5.90. The Hall–Kier alpha value is -2.93. The molecule has 0 saturated carbocycles. The predicted octanol–water partition coefficient (Wildman–Crippen LogP) is 3.39. The van der Waals surface area contributed by atoms with Crippen LogP contribution in [0.25, 0.3) is 0 Å². The molecule has 1 aliphatic rings. The van der Waals surface area contributed by atoms with Crippen LogP contribution in [-0.4, -0.2) is 44.8 Å². The molecule has 0 bridgehead atoms. The zero-order valence-electron chi connectivity index (χ0n) is 16.3. The van der Waals surface area contributed by atoms with Gasteiger partial charge in [0.05, 0.1) is 24.7 Å². The molecule has 7 heteroatoms. The van der Waals surface area contributed by atoms with Crippen LogP contribution < -0.4 is 9.47 Å². The molecule has 0 amide bonds. The van der Waals surface area contributed by atoms with Crippen molar-refractivity contribution in [3.8, 4) is 17.4 Å². The second-order valence-electron chi connectivity index (χ2n) is 7.08. The summed E-state index contributed by atoms with van der Waals surface area (Å²) in [6.45, 7) is 2.96. The smallest absolute Gasteiger partial charge is 0.238 e. The summed E-state index contributed by atoms with van der Waals surface area (Å²) in [4.78, 5) is 11.5. The number of hydrogen-bond acceptors (Lipinski definition) is 6. The lowest BCUT2D eigenvalue weighted by Gasteiger charge is -2.32. The molecule has 1 aromatic carbocycles. The Bertz CT molecular complexity index is 926. The standard InChI is InChI=1S/C21H25N5O2/c1-25-17(8-9-23-25)15-26-10-4-5-16(14-26)20-12-22-13-21(24-20)28-19-7-3-6-18(11-19)27-2/h3,6-9,11-13,16H,4-5,10,14-15H2,1-2H3/t16-/m1/s1. The lowest BCUT2D eigenvalue weighted by Crippen LogP contribution is -2.34. The number of aromatic nitrogens is 4. The lowest BCUT2D eigenvalue weighted by atomic mass is 9.95. The number of benzene rings is 1. The van der Waals surface area contributed by atoms with Crippen LogP contribution in [0.15, 0.2) is 48.9 Å². The highest BCUT2D eigenvalue weighted by Gasteiger charge is 2.23. The number of ether oxygens (including phenoxy) is 2. The quantitative estimate of drug-likeness (QED) is 0.654. The summed E-state index contributed by atoms with van der Waals surface area (Å²) in [7, 11) is 3.63. The minimum absolute atomic E-state index is 0.350. The van der Waals surface area contributed by atoms with Crippen LogP contribution in [0, 0.1) is 0 Å². The van der Waals surface area contributed by atoms with Crippen LogP contribution in [0.5, 0.6) is 17.4 Å². The van der Waals surface area contributed by atoms with Gasteiger partial charge in [-0.1, -0.05) is 6.07 Å². The Morgan fingerprint density at radius 3 is 2.89 bits per heavy atom. The number of methoxy groups -OCH3 is 1. The highest BCUT2D eigenvalue weighted by Crippen LogP contribution is 2.29. The molecule has 0 unspecified atom stereocenters. The fraction of sp³-hybridized carbons (Fsp3) is 0.381. The number of hydrogen-bond donors (Lipinski definition) is 0. The molecule has 28 heavy (non-hydrogen) atoms. The van der Waals surface area contributed by atoms with Gasteiger partial charge < -0.3 is 9.47 Å². The average molecular weight is 379 g/mol. The fourth-order valence-electron chi connectivity index (χ4n) is 3.62. The van der Waals surface area contributed by atoms with Crippen molar-refractivity contribution in [3.63, 3.8) is 0 Å². The molecular formula is C21H25N5O2. The Balaban J connectivity index is 1.45. The topological polar surface area (TPSA) is 65.3 Å². The van der Waals surface area contributed by atoms with Gasteiger partial charge in [0.2, 0.25) is 5.88 Å². The van der Waals surface area contributed by atoms with Gasteiger partial charge >= 0.3 is 0 Å². The van der Waals surface area contributed by atoms with E-state index in [0.717, 1.165) is 43.9 Å². The van der Waals surface area contributed by atoms with Crippen molar-refractivity contribution in [1.82, 2.24) is 24.6 Å². The number of aryl methyl sites for hydroxylation is 1. The first-order chi connectivity index (χ1) is 13.7. The molecule has 4 rings (SSSR count). The highest BCUT2D eigenvalue weighted by molar-refractivity contribution is 5.35. The molecular weight excluding hydrogens is 354 g/mol. The summed E-state index contributed by atoms with van der Waals surface area (Å²) in [6, 6.07) is 9.57. The van der Waals surface area contributed by atoms with E-state index in [1.54, 1.807) is 13.3 Å². The number of rotatable bonds is 6. The summed E-state index contributed by atoms with van der Waals surface area (Å²) in [5.41, 5.74) is 2.21. The van der Waals surface area contributed by atoms with Crippen molar-refractivity contribution < 1.29 is 9.47 Å². The lowest BCUT2D eigenvalue weighted by molar-refractivity contribution is 0.193. The molecule has 0 spiro atoms. The number of likely N-dealkylation sites (tertiary alicyclic amines) is 1. The molecule has 1 aliphatic heterocycles. The Kier molecular flexibility index (Phi) is 5.53. The average Bonchev–Trinajstić information content (AvgIpc) is 3.13. The van der Waals surface area contributed by atoms with Crippen molar-refractivity contribution in [2.45, 2.75) is 25.3 Å². The highest BCUT2D eigenvalue weighted by atomic mass is 16.5. The van der Waals surface area contributed by atoms with Crippen LogP contribution in [-0.2, 0) is 13.6 Å². The van der Waals surface area contributed by atoms with E-state index in [0.29, 0.717) is 17.5 Å². The maximum Gasteiger partial charge on any atom is 0.238 e. The molecule has 0 N–H and O–H groups in total. The van der Waals surface area contributed by atoms with E-state index >= 15 is 0 Å². The first-order valence-corrected chi connectivity index (χ1v) is 9.54. The second kappa shape index (κ2) is 8.39. The molecule has 2 aromatic heterocycles. The molecule has 7 nitrogen and oxygen atoms in total. The van der Waals surface area contributed by atoms with E-state index in [1.807, 2.05) is 48.4 Å². The van der Waals surface area contributed by atoms with Crippen LogP contribution in [0.3, 0.4) is 0 Å². The first kappa shape index (κ1) is 18.4. The van der Waals surface area contributed by atoms with Crippen LogP contribution in [0.4, 0.5) is 0 Å². The minimum Gasteiger partial charge on any atom is -0.497 e. The van der Waals surface area contributed by atoms with Gasteiger partial charge in [-0.25, -0.2) is 4.98 Å². The Morgan fingerprint density at radius 1 is 1.18 bits per heavy atom. The van der Waals surface area contributed by atoms with Gasteiger partial charge in [-0.2, -0.15) is 5.10 Å². The summed E-state index contributed by atoms with van der Waals surface area (Å²) in [6.07, 6.45) is 7.61. The van der Waals surface area contributed by atoms with Gasteiger partial charge in [-0.3, -0.25) is 14.6 Å². The zero-order chi connectivity index (χ0) is 19.3. The summed E-state index contributed by atoms with van der Waals surface area (Å²) in [5.74, 6) is 2.30. The fourth-order valence-corrected chi connectivity index (χ4v) is 3.62. The number of nitrogens with zero attached hydrogens (tertiary/aromatic N) is 5. The van der Waals surface area contributed by atoms with Crippen molar-refractivity contribution in [3.05, 3.63) is 60.3 Å². The molecule has 1 saturated heterocycles. The van der Waals surface area contributed by atoms with Crippen LogP contribution in [0.1, 0.15) is 30.1 Å².